The van der Waals surface area contributed by atoms with Gasteiger partial charge in [0.05, 0.1) is 40.8 Å². The predicted molar refractivity (Wildman–Crippen MR) is 112 cm³/mol. The summed E-state index contributed by atoms with van der Waals surface area (Å²) >= 11 is 6.21. The zero-order chi connectivity index (χ0) is 22.8. The fourth-order valence-electron chi connectivity index (χ4n) is 3.25. The minimum atomic E-state index is -4.53. The van der Waals surface area contributed by atoms with Crippen molar-refractivity contribution < 1.29 is 22.6 Å². The summed E-state index contributed by atoms with van der Waals surface area (Å²) in [5, 5.41) is 4.47. The van der Waals surface area contributed by atoms with E-state index in [1.165, 1.54) is 0 Å². The molecule has 3 heterocycles. The van der Waals surface area contributed by atoms with E-state index < -0.39 is 11.7 Å². The van der Waals surface area contributed by atoms with Gasteiger partial charge in [0, 0.05) is 45.3 Å². The highest BCUT2D eigenvalue weighted by Gasteiger charge is 2.32. The van der Waals surface area contributed by atoms with Gasteiger partial charge in [-0.2, -0.15) is 22.8 Å². The van der Waals surface area contributed by atoms with Gasteiger partial charge in [0.15, 0.2) is 5.65 Å². The molecule has 0 radical (unpaired) electrons. The zero-order valence-electron chi connectivity index (χ0n) is 17.6. The van der Waals surface area contributed by atoms with Crippen molar-refractivity contribution in [3.63, 3.8) is 0 Å². The number of ether oxygens (including phenoxy) is 2. The van der Waals surface area contributed by atoms with Crippen LogP contribution in [-0.2, 0) is 15.7 Å². The third-order valence-electron chi connectivity index (χ3n) is 4.73. The normalized spacial score (nSPS) is 12.0. The monoisotopic (exact) mass is 457 g/mol. The third kappa shape index (κ3) is 4.91. The maximum absolute atomic E-state index is 13.0. The molecule has 0 unspecified atom stereocenters. The van der Waals surface area contributed by atoms with E-state index in [0.29, 0.717) is 48.9 Å². The van der Waals surface area contributed by atoms with Crippen LogP contribution in [0.25, 0.3) is 16.9 Å². The van der Waals surface area contributed by atoms with E-state index in [4.69, 9.17) is 21.1 Å². The maximum Gasteiger partial charge on any atom is 0.417 e. The summed E-state index contributed by atoms with van der Waals surface area (Å²) in [6.07, 6.45) is -3.76. The Morgan fingerprint density at radius 3 is 2.29 bits per heavy atom. The molecule has 3 rings (SSSR count). The lowest BCUT2D eigenvalue weighted by Gasteiger charge is -2.24. The van der Waals surface area contributed by atoms with Crippen LogP contribution in [0.4, 0.5) is 19.0 Å². The molecule has 0 spiro atoms. The molecule has 7 nitrogen and oxygen atoms in total. The number of methoxy groups -OCH3 is 2. The number of fused-ring (bicyclic) bond motifs is 1. The van der Waals surface area contributed by atoms with Crippen molar-refractivity contribution in [2.75, 3.05) is 45.4 Å². The number of hydrogen-bond donors (Lipinski definition) is 0. The standard InChI is InChI=1S/C20H23ClF3N5O2/c1-12-9-16(28(5-7-30-3)6-8-31-4)29-19(26-12)17(13(2)27-29)18-15(21)10-14(11-25-18)20(22,23)24/h9-11H,5-8H2,1-4H3. The summed E-state index contributed by atoms with van der Waals surface area (Å²) in [5.74, 6) is 0.758. The Labute approximate surface area is 182 Å². The van der Waals surface area contributed by atoms with Gasteiger partial charge in [-0.05, 0) is 19.9 Å². The van der Waals surface area contributed by atoms with Crippen LogP contribution in [0.3, 0.4) is 0 Å². The second-order valence-corrected chi connectivity index (χ2v) is 7.38. The Morgan fingerprint density at radius 1 is 1.10 bits per heavy atom. The van der Waals surface area contributed by atoms with Crippen LogP contribution in [0, 0.1) is 13.8 Å². The molecule has 0 atom stereocenters. The van der Waals surface area contributed by atoms with E-state index in [2.05, 4.69) is 15.1 Å². The Hall–Kier alpha value is -2.43. The van der Waals surface area contributed by atoms with Crippen molar-refractivity contribution in [3.8, 4) is 11.3 Å². The second-order valence-electron chi connectivity index (χ2n) is 6.98. The Kier molecular flexibility index (Phi) is 7.03. The number of nitrogens with zero attached hydrogens (tertiary/aromatic N) is 5. The van der Waals surface area contributed by atoms with Crippen molar-refractivity contribution in [3.05, 3.63) is 40.3 Å². The number of anilines is 1. The molecule has 0 amide bonds. The van der Waals surface area contributed by atoms with E-state index in [-0.39, 0.29) is 10.7 Å². The maximum atomic E-state index is 13.0. The lowest BCUT2D eigenvalue weighted by atomic mass is 10.1. The van der Waals surface area contributed by atoms with Crippen LogP contribution in [0.5, 0.6) is 0 Å². The summed E-state index contributed by atoms with van der Waals surface area (Å²) in [6.45, 7) is 5.74. The van der Waals surface area contributed by atoms with Crippen molar-refractivity contribution >= 4 is 23.1 Å². The first-order valence-electron chi connectivity index (χ1n) is 9.50. The zero-order valence-corrected chi connectivity index (χ0v) is 18.4. The summed E-state index contributed by atoms with van der Waals surface area (Å²) < 4.78 is 51.2. The molecule has 0 aliphatic carbocycles. The van der Waals surface area contributed by atoms with Crippen LogP contribution in [0.1, 0.15) is 17.0 Å². The largest absolute Gasteiger partial charge is 0.417 e. The average molecular weight is 458 g/mol. The molecule has 3 aromatic heterocycles. The van der Waals surface area contributed by atoms with Gasteiger partial charge >= 0.3 is 6.18 Å². The van der Waals surface area contributed by atoms with Gasteiger partial charge in [-0.1, -0.05) is 11.6 Å². The molecule has 0 fully saturated rings. The second kappa shape index (κ2) is 9.37. The molecule has 0 aromatic carbocycles. The predicted octanol–water partition coefficient (Wildman–Crippen LogP) is 4.18. The molecule has 0 saturated heterocycles. The molecule has 0 bridgehead atoms. The number of alkyl halides is 3. The van der Waals surface area contributed by atoms with Gasteiger partial charge in [0.2, 0.25) is 0 Å². The highest BCUT2D eigenvalue weighted by Crippen LogP contribution is 2.37. The highest BCUT2D eigenvalue weighted by molar-refractivity contribution is 6.33. The van der Waals surface area contributed by atoms with Gasteiger partial charge < -0.3 is 14.4 Å². The van der Waals surface area contributed by atoms with E-state index in [1.807, 2.05) is 17.9 Å². The lowest BCUT2D eigenvalue weighted by molar-refractivity contribution is -0.137. The minimum Gasteiger partial charge on any atom is -0.383 e. The molecule has 168 valence electrons. The van der Waals surface area contributed by atoms with Crippen molar-refractivity contribution in [1.29, 1.82) is 0 Å². The molecule has 0 N–H and O–H groups in total. The quantitative estimate of drug-likeness (QED) is 0.505. The average Bonchev–Trinajstić information content (AvgIpc) is 3.02. The summed E-state index contributed by atoms with van der Waals surface area (Å²) in [5.41, 5.74) is 1.50. The third-order valence-corrected chi connectivity index (χ3v) is 5.02. The molecule has 0 saturated carbocycles. The van der Waals surface area contributed by atoms with Crippen molar-refractivity contribution in [1.82, 2.24) is 19.6 Å². The Bertz CT molecular complexity index is 1060. The fraction of sp³-hybridized carbons (Fsp3) is 0.450. The molecule has 3 aromatic rings. The van der Waals surface area contributed by atoms with Crippen LogP contribution in [0.15, 0.2) is 18.3 Å². The molecular weight excluding hydrogens is 435 g/mol. The van der Waals surface area contributed by atoms with Gasteiger partial charge in [-0.25, -0.2) is 4.98 Å². The number of hydrogen-bond acceptors (Lipinski definition) is 6. The topological polar surface area (TPSA) is 64.8 Å². The molecule has 0 aliphatic rings. The van der Waals surface area contributed by atoms with Crippen molar-refractivity contribution in [2.45, 2.75) is 20.0 Å². The number of rotatable bonds is 8. The van der Waals surface area contributed by atoms with Crippen LogP contribution >= 0.6 is 11.6 Å². The number of pyridine rings is 1. The Morgan fingerprint density at radius 2 is 1.74 bits per heavy atom. The van der Waals surface area contributed by atoms with Crippen LogP contribution < -0.4 is 4.90 Å². The van der Waals surface area contributed by atoms with E-state index in [1.54, 1.807) is 25.7 Å². The van der Waals surface area contributed by atoms with E-state index in [0.717, 1.165) is 18.1 Å². The molecule has 11 heteroatoms. The minimum absolute atomic E-state index is 0.117. The van der Waals surface area contributed by atoms with E-state index >= 15 is 0 Å². The molecule has 0 aliphatic heterocycles. The van der Waals surface area contributed by atoms with Crippen LogP contribution in [0.2, 0.25) is 5.02 Å². The number of aryl methyl sites for hydroxylation is 2. The molecule has 31 heavy (non-hydrogen) atoms. The van der Waals surface area contributed by atoms with E-state index in [9.17, 15) is 13.2 Å². The first-order valence-corrected chi connectivity index (χ1v) is 9.88. The molecular formula is C20H23ClF3N5O2. The van der Waals surface area contributed by atoms with Crippen LogP contribution in [-0.4, -0.2) is 60.1 Å². The summed E-state index contributed by atoms with van der Waals surface area (Å²) in [7, 11) is 3.24. The summed E-state index contributed by atoms with van der Waals surface area (Å²) in [4.78, 5) is 10.6. The SMILES string of the molecule is COCCN(CCOC)c1cc(C)nc2c(-c3ncc(C(F)(F)F)cc3Cl)c(C)nn12. The smallest absolute Gasteiger partial charge is 0.383 e. The van der Waals surface area contributed by atoms with Gasteiger partial charge in [-0.3, -0.25) is 4.98 Å². The number of aromatic nitrogens is 4. The first-order chi connectivity index (χ1) is 14.7. The van der Waals surface area contributed by atoms with Gasteiger partial charge in [-0.15, -0.1) is 0 Å². The van der Waals surface area contributed by atoms with Crippen molar-refractivity contribution in [2.24, 2.45) is 0 Å². The highest BCUT2D eigenvalue weighted by atomic mass is 35.5. The Balaban J connectivity index is 2.17. The van der Waals surface area contributed by atoms with Gasteiger partial charge in [0.25, 0.3) is 0 Å². The van der Waals surface area contributed by atoms with Gasteiger partial charge in [0.1, 0.15) is 5.82 Å². The fourth-order valence-corrected chi connectivity index (χ4v) is 3.51. The summed E-state index contributed by atoms with van der Waals surface area (Å²) in [6, 6.07) is 2.75. The first kappa shape index (κ1) is 23.2. The number of halogens is 4. The lowest BCUT2D eigenvalue weighted by Crippen LogP contribution is -2.32.